The molecule has 1 aromatic carbocycles. The fourth-order valence-electron chi connectivity index (χ4n) is 3.34. The summed E-state index contributed by atoms with van der Waals surface area (Å²) in [6, 6.07) is 11.2. The second-order valence-corrected chi connectivity index (χ2v) is 8.75. The number of carbonyl (C=O) groups is 4. The normalized spacial score (nSPS) is 13.5. The number of hydrogen-bond acceptors (Lipinski definition) is 5. The first-order valence-corrected chi connectivity index (χ1v) is 11.0. The van der Waals surface area contributed by atoms with Crippen LogP contribution in [0.1, 0.15) is 58.6 Å². The van der Waals surface area contributed by atoms with Crippen molar-refractivity contribution in [1.29, 1.82) is 0 Å². The first-order valence-electron chi connectivity index (χ1n) is 10.2. The SMILES string of the molecule is Cc1ccc(C(=O)CCC(=O)CCC(=O)NCc2ccc(N3CCCC3=O)cc2)s1. The van der Waals surface area contributed by atoms with Crippen LogP contribution in [0.3, 0.4) is 0 Å². The summed E-state index contributed by atoms with van der Waals surface area (Å²) < 4.78 is 0. The number of aryl methyl sites for hydroxylation is 1. The van der Waals surface area contributed by atoms with Gasteiger partial charge < -0.3 is 10.2 Å². The number of thiophene rings is 1. The predicted octanol–water partition coefficient (Wildman–Crippen LogP) is 3.81. The molecule has 1 N–H and O–H groups in total. The van der Waals surface area contributed by atoms with Crippen LogP contribution in [-0.2, 0) is 20.9 Å². The van der Waals surface area contributed by atoms with E-state index in [0.29, 0.717) is 17.8 Å². The van der Waals surface area contributed by atoms with E-state index in [2.05, 4.69) is 5.32 Å². The number of hydrogen-bond donors (Lipinski definition) is 1. The quantitative estimate of drug-likeness (QED) is 0.586. The van der Waals surface area contributed by atoms with Crippen LogP contribution in [0.25, 0.3) is 0 Å². The molecule has 3 rings (SSSR count). The van der Waals surface area contributed by atoms with Crippen LogP contribution < -0.4 is 10.2 Å². The zero-order valence-electron chi connectivity index (χ0n) is 17.1. The molecule has 30 heavy (non-hydrogen) atoms. The average molecular weight is 427 g/mol. The van der Waals surface area contributed by atoms with Crippen LogP contribution in [0, 0.1) is 6.92 Å². The highest BCUT2D eigenvalue weighted by Crippen LogP contribution is 2.21. The number of nitrogens with zero attached hydrogens (tertiary/aromatic N) is 1. The minimum absolute atomic E-state index is 0.0232. The summed E-state index contributed by atoms with van der Waals surface area (Å²) >= 11 is 1.43. The lowest BCUT2D eigenvalue weighted by Gasteiger charge is -2.16. The van der Waals surface area contributed by atoms with E-state index in [1.807, 2.05) is 37.3 Å². The third-order valence-electron chi connectivity index (χ3n) is 5.09. The van der Waals surface area contributed by atoms with Crippen molar-refractivity contribution in [1.82, 2.24) is 5.32 Å². The maximum absolute atomic E-state index is 12.0. The van der Waals surface area contributed by atoms with E-state index in [4.69, 9.17) is 0 Å². The van der Waals surface area contributed by atoms with Gasteiger partial charge >= 0.3 is 0 Å². The number of carbonyl (C=O) groups excluding carboxylic acids is 4. The molecule has 1 aliphatic rings. The van der Waals surface area contributed by atoms with Gasteiger partial charge in [-0.05, 0) is 43.2 Å². The number of ketones is 2. The van der Waals surface area contributed by atoms with E-state index in [-0.39, 0.29) is 49.1 Å². The first kappa shape index (κ1) is 21.9. The van der Waals surface area contributed by atoms with Crippen molar-refractivity contribution in [3.8, 4) is 0 Å². The maximum Gasteiger partial charge on any atom is 0.227 e. The molecular formula is C23H26N2O4S. The first-order chi connectivity index (χ1) is 14.4. The molecule has 0 bridgehead atoms. The Balaban J connectivity index is 1.34. The molecule has 2 amide bonds. The van der Waals surface area contributed by atoms with E-state index in [0.717, 1.165) is 29.1 Å². The molecule has 0 radical (unpaired) electrons. The molecule has 1 aromatic heterocycles. The lowest BCUT2D eigenvalue weighted by Crippen LogP contribution is -2.24. The monoisotopic (exact) mass is 426 g/mol. The van der Waals surface area contributed by atoms with Gasteiger partial charge in [-0.15, -0.1) is 11.3 Å². The number of anilines is 1. The molecule has 158 valence electrons. The lowest BCUT2D eigenvalue weighted by molar-refractivity contribution is -0.125. The van der Waals surface area contributed by atoms with Crippen LogP contribution in [0.4, 0.5) is 5.69 Å². The van der Waals surface area contributed by atoms with Crippen LogP contribution in [0.15, 0.2) is 36.4 Å². The van der Waals surface area contributed by atoms with E-state index >= 15 is 0 Å². The summed E-state index contributed by atoms with van der Waals surface area (Å²) in [6.45, 7) is 3.06. The summed E-state index contributed by atoms with van der Waals surface area (Å²) in [5.74, 6) is -0.147. The summed E-state index contributed by atoms with van der Waals surface area (Å²) in [6.07, 6.45) is 2.09. The Labute approximate surface area is 180 Å². The van der Waals surface area contributed by atoms with Gasteiger partial charge in [-0.3, -0.25) is 19.2 Å². The Morgan fingerprint density at radius 3 is 2.37 bits per heavy atom. The van der Waals surface area contributed by atoms with Gasteiger partial charge in [0.1, 0.15) is 5.78 Å². The van der Waals surface area contributed by atoms with Crippen molar-refractivity contribution in [2.24, 2.45) is 0 Å². The number of benzene rings is 1. The number of amides is 2. The Morgan fingerprint density at radius 2 is 1.73 bits per heavy atom. The third-order valence-corrected chi connectivity index (χ3v) is 6.13. The van der Waals surface area contributed by atoms with Crippen molar-refractivity contribution in [2.75, 3.05) is 11.4 Å². The van der Waals surface area contributed by atoms with Crippen molar-refractivity contribution in [2.45, 2.75) is 52.0 Å². The Morgan fingerprint density at radius 1 is 1.00 bits per heavy atom. The smallest absolute Gasteiger partial charge is 0.227 e. The van der Waals surface area contributed by atoms with Gasteiger partial charge in [0.05, 0.1) is 4.88 Å². The van der Waals surface area contributed by atoms with E-state index < -0.39 is 0 Å². The standard InChI is InChI=1S/C23H26N2O4S/c1-16-4-12-21(30-16)20(27)11-9-19(26)10-13-22(28)24-15-17-5-7-18(8-6-17)25-14-2-3-23(25)29/h4-8,12H,2-3,9-11,13-15H2,1H3,(H,24,28). The highest BCUT2D eigenvalue weighted by Gasteiger charge is 2.21. The molecule has 0 saturated carbocycles. The van der Waals surface area contributed by atoms with Crippen LogP contribution in [0.5, 0.6) is 0 Å². The van der Waals surface area contributed by atoms with Crippen LogP contribution >= 0.6 is 11.3 Å². The topological polar surface area (TPSA) is 83.6 Å². The Hall–Kier alpha value is -2.80. The fourth-order valence-corrected chi connectivity index (χ4v) is 4.18. The van der Waals surface area contributed by atoms with Crippen LogP contribution in [0.2, 0.25) is 0 Å². The second-order valence-electron chi connectivity index (χ2n) is 7.46. The molecule has 1 fully saturated rings. The third kappa shape index (κ3) is 6.10. The zero-order chi connectivity index (χ0) is 21.5. The molecule has 0 unspecified atom stereocenters. The van der Waals surface area contributed by atoms with Crippen molar-refractivity contribution >= 4 is 40.4 Å². The van der Waals surface area contributed by atoms with Gasteiger partial charge in [0.25, 0.3) is 0 Å². The zero-order valence-corrected chi connectivity index (χ0v) is 17.9. The molecule has 2 heterocycles. The molecule has 7 heteroatoms. The van der Waals surface area contributed by atoms with Gasteiger partial charge in [0.15, 0.2) is 5.78 Å². The molecule has 0 atom stereocenters. The second kappa shape index (κ2) is 10.3. The molecule has 1 saturated heterocycles. The molecule has 0 spiro atoms. The predicted molar refractivity (Wildman–Crippen MR) is 117 cm³/mol. The van der Waals surface area contributed by atoms with E-state index in [9.17, 15) is 19.2 Å². The summed E-state index contributed by atoms with van der Waals surface area (Å²) in [5, 5.41) is 2.81. The van der Waals surface area contributed by atoms with E-state index in [1.54, 1.807) is 11.0 Å². The summed E-state index contributed by atoms with van der Waals surface area (Å²) in [4.78, 5) is 51.4. The molecule has 2 aromatic rings. The van der Waals surface area contributed by atoms with Crippen LogP contribution in [-0.4, -0.2) is 29.9 Å². The Kier molecular flexibility index (Phi) is 7.52. The number of Topliss-reactive ketones (excluding diaryl/α,β-unsaturated/α-hetero) is 2. The summed E-state index contributed by atoms with van der Waals surface area (Å²) in [5.41, 5.74) is 1.81. The van der Waals surface area contributed by atoms with Crippen molar-refractivity contribution < 1.29 is 19.2 Å². The highest BCUT2D eigenvalue weighted by molar-refractivity contribution is 7.14. The molecular weight excluding hydrogens is 400 g/mol. The molecule has 0 aliphatic carbocycles. The minimum Gasteiger partial charge on any atom is -0.352 e. The lowest BCUT2D eigenvalue weighted by atomic mass is 10.1. The van der Waals surface area contributed by atoms with Gasteiger partial charge in [0, 0.05) is 55.8 Å². The fraction of sp³-hybridized carbons (Fsp3) is 0.391. The van der Waals surface area contributed by atoms with Gasteiger partial charge in [-0.2, -0.15) is 0 Å². The van der Waals surface area contributed by atoms with Gasteiger partial charge in [-0.1, -0.05) is 12.1 Å². The average Bonchev–Trinajstić information content (AvgIpc) is 3.37. The number of rotatable bonds is 10. The molecule has 6 nitrogen and oxygen atoms in total. The van der Waals surface area contributed by atoms with Crippen molar-refractivity contribution in [3.63, 3.8) is 0 Å². The van der Waals surface area contributed by atoms with Gasteiger partial charge in [-0.25, -0.2) is 0 Å². The van der Waals surface area contributed by atoms with E-state index in [1.165, 1.54) is 11.3 Å². The Bertz CT molecular complexity index is 933. The highest BCUT2D eigenvalue weighted by atomic mass is 32.1. The minimum atomic E-state index is -0.192. The largest absolute Gasteiger partial charge is 0.352 e. The number of nitrogens with one attached hydrogen (secondary N) is 1. The molecule has 1 aliphatic heterocycles. The van der Waals surface area contributed by atoms with Gasteiger partial charge in [0.2, 0.25) is 11.8 Å². The maximum atomic E-state index is 12.0. The summed E-state index contributed by atoms with van der Waals surface area (Å²) in [7, 11) is 0. The van der Waals surface area contributed by atoms with Crippen molar-refractivity contribution in [3.05, 3.63) is 51.7 Å².